The Morgan fingerprint density at radius 1 is 1.14 bits per heavy atom. The number of nitrogens with zero attached hydrogens (tertiary/aromatic N) is 2. The number of benzene rings is 1. The van der Waals surface area contributed by atoms with Crippen molar-refractivity contribution in [1.29, 1.82) is 0 Å². The van der Waals surface area contributed by atoms with Crippen molar-refractivity contribution in [2.75, 3.05) is 26.2 Å². The molecule has 0 N–H and O–H groups in total. The van der Waals surface area contributed by atoms with Crippen molar-refractivity contribution in [3.63, 3.8) is 0 Å². The average molecular weight is 525 g/mol. The van der Waals surface area contributed by atoms with E-state index in [0.717, 1.165) is 55.0 Å². The molecule has 1 aromatic carbocycles. The minimum atomic E-state index is 0.365. The van der Waals surface area contributed by atoms with Gasteiger partial charge in [-0.2, -0.15) is 0 Å². The van der Waals surface area contributed by atoms with E-state index in [9.17, 15) is 0 Å². The van der Waals surface area contributed by atoms with Crippen LogP contribution in [0.5, 0.6) is 0 Å². The first-order valence-corrected chi connectivity index (χ1v) is 15.3. The lowest BCUT2D eigenvalue weighted by atomic mass is 9.75. The van der Waals surface area contributed by atoms with Gasteiger partial charge in [-0.25, -0.2) is 0 Å². The zero-order chi connectivity index (χ0) is 26.2. The summed E-state index contributed by atoms with van der Waals surface area (Å²) in [5.74, 6) is 4.27. The molecule has 4 rings (SSSR count). The highest BCUT2D eigenvalue weighted by atomic mass is 35.5. The zero-order valence-corrected chi connectivity index (χ0v) is 24.3. The molecule has 4 atom stereocenters. The molecule has 204 valence electrons. The first kappa shape index (κ1) is 28.4. The summed E-state index contributed by atoms with van der Waals surface area (Å²) in [6.45, 7) is 15.8. The molecule has 0 amide bonds. The molecule has 1 unspecified atom stereocenters. The van der Waals surface area contributed by atoms with Crippen molar-refractivity contribution in [2.24, 2.45) is 28.7 Å². The Balaban J connectivity index is 1.21. The van der Waals surface area contributed by atoms with Crippen LogP contribution in [0, 0.1) is 23.7 Å². The van der Waals surface area contributed by atoms with Gasteiger partial charge in [0, 0.05) is 29.6 Å². The minimum absolute atomic E-state index is 0.365. The number of piperidine rings is 1. The van der Waals surface area contributed by atoms with Crippen LogP contribution in [0.3, 0.4) is 0 Å². The number of likely N-dealkylation sites (tertiary alicyclic amines) is 1. The van der Waals surface area contributed by atoms with Crippen molar-refractivity contribution in [1.82, 2.24) is 4.90 Å². The molecule has 1 aromatic rings. The summed E-state index contributed by atoms with van der Waals surface area (Å²) in [6.07, 6.45) is 15.7. The van der Waals surface area contributed by atoms with Gasteiger partial charge < -0.3 is 9.64 Å². The second-order valence-electron chi connectivity index (χ2n) is 12.2. The fraction of sp³-hybridized carbons (Fsp3) is 0.667. The van der Waals surface area contributed by atoms with Crippen molar-refractivity contribution in [3.8, 4) is 0 Å². The summed E-state index contributed by atoms with van der Waals surface area (Å²) < 4.78 is 6.45. The predicted octanol–water partition coefficient (Wildman–Crippen LogP) is 8.70. The monoisotopic (exact) mass is 524 g/mol. The number of aliphatic imine (C=N–C) groups is 1. The molecule has 1 saturated carbocycles. The summed E-state index contributed by atoms with van der Waals surface area (Å²) in [6, 6.07) is 8.43. The van der Waals surface area contributed by atoms with Crippen LogP contribution in [0.2, 0.25) is 5.02 Å². The van der Waals surface area contributed by atoms with Crippen LogP contribution in [-0.4, -0.2) is 42.9 Å². The highest BCUT2D eigenvalue weighted by molar-refractivity contribution is 6.30. The maximum Gasteiger partial charge on any atom is 0.101 e. The third kappa shape index (κ3) is 8.45. The van der Waals surface area contributed by atoms with Crippen LogP contribution in [0.4, 0.5) is 0 Å². The van der Waals surface area contributed by atoms with E-state index in [-0.39, 0.29) is 0 Å². The Morgan fingerprint density at radius 2 is 1.89 bits per heavy atom. The third-order valence-corrected chi connectivity index (χ3v) is 9.25. The van der Waals surface area contributed by atoms with Gasteiger partial charge in [0.2, 0.25) is 0 Å². The van der Waals surface area contributed by atoms with Gasteiger partial charge in [0.05, 0.1) is 5.76 Å². The first-order valence-electron chi connectivity index (χ1n) is 14.9. The second kappa shape index (κ2) is 14.0. The summed E-state index contributed by atoms with van der Waals surface area (Å²) in [5.41, 5.74) is 2.60. The molecule has 0 bridgehead atoms. The fourth-order valence-electron chi connectivity index (χ4n) is 6.68. The smallest absolute Gasteiger partial charge is 0.101 e. The maximum atomic E-state index is 6.45. The predicted molar refractivity (Wildman–Crippen MR) is 159 cm³/mol. The van der Waals surface area contributed by atoms with Crippen LogP contribution in [-0.2, 0) is 4.74 Å². The molecule has 1 aliphatic carbocycles. The SMILES string of the molecule is C=C(CCCN1CCC(C[C@H](C2=NCCC=C2)c2ccc(Cl)cc2)CC1)O[C@@H]1C[C@H](C)CCC1C(C)C. The molecule has 3 aliphatic rings. The highest BCUT2D eigenvalue weighted by Gasteiger charge is 2.32. The number of allylic oxidation sites excluding steroid dienone is 2. The topological polar surface area (TPSA) is 24.8 Å². The molecule has 1 saturated heterocycles. The first-order chi connectivity index (χ1) is 17.9. The molecule has 2 aliphatic heterocycles. The Kier molecular flexibility index (Phi) is 10.7. The van der Waals surface area contributed by atoms with Crippen LogP contribution >= 0.6 is 11.6 Å². The molecule has 0 radical (unpaired) electrons. The Morgan fingerprint density at radius 3 is 2.57 bits per heavy atom. The van der Waals surface area contributed by atoms with Gasteiger partial charge in [0.25, 0.3) is 0 Å². The van der Waals surface area contributed by atoms with Gasteiger partial charge in [-0.3, -0.25) is 4.99 Å². The van der Waals surface area contributed by atoms with Crippen molar-refractivity contribution in [2.45, 2.75) is 90.6 Å². The lowest BCUT2D eigenvalue weighted by Crippen LogP contribution is -2.35. The molecule has 2 fully saturated rings. The number of halogens is 1. The van der Waals surface area contributed by atoms with Crippen molar-refractivity contribution in [3.05, 3.63) is 59.3 Å². The van der Waals surface area contributed by atoms with Gasteiger partial charge >= 0.3 is 0 Å². The summed E-state index contributed by atoms with van der Waals surface area (Å²) in [5, 5.41) is 0.804. The van der Waals surface area contributed by atoms with E-state index in [0.29, 0.717) is 23.9 Å². The van der Waals surface area contributed by atoms with Crippen LogP contribution < -0.4 is 0 Å². The van der Waals surface area contributed by atoms with E-state index in [1.54, 1.807) is 0 Å². The van der Waals surface area contributed by atoms with E-state index >= 15 is 0 Å². The molecule has 37 heavy (non-hydrogen) atoms. The van der Waals surface area contributed by atoms with Crippen LogP contribution in [0.15, 0.2) is 53.7 Å². The lowest BCUT2D eigenvalue weighted by Gasteiger charge is -2.38. The van der Waals surface area contributed by atoms with Crippen LogP contribution in [0.25, 0.3) is 0 Å². The number of rotatable bonds is 11. The van der Waals surface area contributed by atoms with E-state index in [4.69, 9.17) is 21.3 Å². The molecule has 2 heterocycles. The van der Waals surface area contributed by atoms with E-state index in [1.807, 2.05) is 12.1 Å². The average Bonchev–Trinajstić information content (AvgIpc) is 2.89. The quantitative estimate of drug-likeness (QED) is 0.270. The van der Waals surface area contributed by atoms with Gasteiger partial charge in [0.1, 0.15) is 6.10 Å². The van der Waals surface area contributed by atoms with Gasteiger partial charge in [-0.1, -0.05) is 63.6 Å². The normalized spacial score (nSPS) is 26.2. The minimum Gasteiger partial charge on any atom is -0.495 e. The van der Waals surface area contributed by atoms with Gasteiger partial charge in [0.15, 0.2) is 0 Å². The largest absolute Gasteiger partial charge is 0.495 e. The fourth-order valence-corrected chi connectivity index (χ4v) is 6.80. The number of dihydropyridines is 1. The Bertz CT molecular complexity index is 913. The molecule has 4 heteroatoms. The Hall–Kier alpha value is -1.58. The number of ether oxygens (including phenoxy) is 1. The van der Waals surface area contributed by atoms with Gasteiger partial charge in [-0.15, -0.1) is 0 Å². The zero-order valence-electron chi connectivity index (χ0n) is 23.5. The number of hydrogen-bond donors (Lipinski definition) is 0. The molecule has 0 spiro atoms. The Labute approximate surface area is 231 Å². The summed E-state index contributed by atoms with van der Waals surface area (Å²) in [7, 11) is 0. The van der Waals surface area contributed by atoms with Gasteiger partial charge in [-0.05, 0) is 112 Å². The maximum absolute atomic E-state index is 6.45. The van der Waals surface area contributed by atoms with E-state index in [1.165, 1.54) is 62.9 Å². The second-order valence-corrected chi connectivity index (χ2v) is 12.7. The highest BCUT2D eigenvalue weighted by Crippen LogP contribution is 2.37. The standard InChI is InChI=1S/C33H49ClN2O/c1-24(2)30-15-10-25(3)22-33(30)37-26(4)8-7-19-36-20-16-27(17-21-36)23-31(32-9-5-6-18-35-32)28-11-13-29(34)14-12-28/h5,9,11-14,24-25,27,30-31,33H,4,6-8,10,15-23H2,1-3H3/t25-,30?,31+,33-/m1/s1. The molecular weight excluding hydrogens is 476 g/mol. The summed E-state index contributed by atoms with van der Waals surface area (Å²) >= 11 is 6.18. The molecule has 3 nitrogen and oxygen atoms in total. The van der Waals surface area contributed by atoms with E-state index < -0.39 is 0 Å². The molecule has 0 aromatic heterocycles. The summed E-state index contributed by atoms with van der Waals surface area (Å²) in [4.78, 5) is 7.54. The van der Waals surface area contributed by atoms with E-state index in [2.05, 4.69) is 56.5 Å². The number of hydrogen-bond acceptors (Lipinski definition) is 3. The molecular formula is C33H49ClN2O. The van der Waals surface area contributed by atoms with Crippen molar-refractivity contribution < 1.29 is 4.74 Å². The lowest BCUT2D eigenvalue weighted by molar-refractivity contribution is -0.00442. The third-order valence-electron chi connectivity index (χ3n) is 8.99. The van der Waals surface area contributed by atoms with Crippen molar-refractivity contribution >= 4 is 17.3 Å². The van der Waals surface area contributed by atoms with Crippen LogP contribution in [0.1, 0.15) is 90.0 Å².